The van der Waals surface area contributed by atoms with Crippen molar-refractivity contribution in [1.82, 2.24) is 4.98 Å². The van der Waals surface area contributed by atoms with E-state index in [1.807, 2.05) is 0 Å². The Hall–Kier alpha value is -1.52. The number of aromatic carboxylic acids is 1. The number of carboxylic acids is 1. The molecule has 0 atom stereocenters. The molecular weight excluding hydrogens is 220 g/mol. The SMILES string of the molecule is O=C(O)c1coc(NCCC2CCCCC2)n1. The summed E-state index contributed by atoms with van der Waals surface area (Å²) in [6.07, 6.45) is 8.93. The lowest BCUT2D eigenvalue weighted by Crippen LogP contribution is -2.12. The standard InChI is InChI=1S/C12H18N2O3/c15-11(16)10-8-17-12(14-10)13-7-6-9-4-2-1-3-5-9/h8-9H,1-7H2,(H,13,14)(H,15,16). The predicted octanol–water partition coefficient (Wildman–Crippen LogP) is 2.76. The van der Waals surface area contributed by atoms with Crippen LogP contribution in [-0.2, 0) is 0 Å². The van der Waals surface area contributed by atoms with Crippen LogP contribution >= 0.6 is 0 Å². The molecule has 1 fully saturated rings. The summed E-state index contributed by atoms with van der Waals surface area (Å²) >= 11 is 0. The summed E-state index contributed by atoms with van der Waals surface area (Å²) in [5.41, 5.74) is -0.0508. The zero-order valence-electron chi connectivity index (χ0n) is 9.82. The minimum atomic E-state index is -1.06. The lowest BCUT2D eigenvalue weighted by atomic mass is 9.87. The second-order valence-electron chi connectivity index (χ2n) is 4.56. The smallest absolute Gasteiger partial charge is 0.357 e. The number of carbonyl (C=O) groups is 1. The van der Waals surface area contributed by atoms with Crippen LogP contribution in [0.15, 0.2) is 10.7 Å². The minimum absolute atomic E-state index is 0.0508. The molecule has 1 aliphatic carbocycles. The van der Waals surface area contributed by atoms with E-state index in [2.05, 4.69) is 10.3 Å². The molecule has 2 N–H and O–H groups in total. The highest BCUT2D eigenvalue weighted by molar-refractivity contribution is 5.85. The fourth-order valence-electron chi connectivity index (χ4n) is 2.31. The summed E-state index contributed by atoms with van der Waals surface area (Å²) < 4.78 is 5.01. The summed E-state index contributed by atoms with van der Waals surface area (Å²) in [5.74, 6) is -0.265. The molecule has 94 valence electrons. The number of hydrogen-bond acceptors (Lipinski definition) is 4. The Morgan fingerprint density at radius 1 is 1.47 bits per heavy atom. The van der Waals surface area contributed by atoms with Gasteiger partial charge in [0.15, 0.2) is 5.69 Å². The van der Waals surface area contributed by atoms with Crippen molar-refractivity contribution in [3.05, 3.63) is 12.0 Å². The Labute approximate surface area is 100 Å². The summed E-state index contributed by atoms with van der Waals surface area (Å²) in [6.45, 7) is 0.796. The molecule has 0 bridgehead atoms. The molecular formula is C12H18N2O3. The molecule has 1 aromatic heterocycles. The normalized spacial score (nSPS) is 16.9. The van der Waals surface area contributed by atoms with Crippen LogP contribution in [0.2, 0.25) is 0 Å². The molecule has 0 saturated heterocycles. The number of hydrogen-bond donors (Lipinski definition) is 2. The fraction of sp³-hybridized carbons (Fsp3) is 0.667. The molecule has 2 rings (SSSR count). The minimum Gasteiger partial charge on any atom is -0.476 e. The molecule has 17 heavy (non-hydrogen) atoms. The van der Waals surface area contributed by atoms with Gasteiger partial charge >= 0.3 is 5.97 Å². The number of nitrogens with one attached hydrogen (secondary N) is 1. The van der Waals surface area contributed by atoms with Gasteiger partial charge in [0.25, 0.3) is 6.01 Å². The van der Waals surface area contributed by atoms with E-state index in [1.54, 1.807) is 0 Å². The number of rotatable bonds is 5. The number of oxazole rings is 1. The monoisotopic (exact) mass is 238 g/mol. The zero-order valence-corrected chi connectivity index (χ0v) is 9.82. The van der Waals surface area contributed by atoms with Crippen molar-refractivity contribution in [2.24, 2.45) is 5.92 Å². The first-order chi connectivity index (χ1) is 8.25. The van der Waals surface area contributed by atoms with Gasteiger partial charge in [-0.3, -0.25) is 0 Å². The lowest BCUT2D eigenvalue weighted by Gasteiger charge is -2.21. The molecule has 5 heteroatoms. The molecule has 0 radical (unpaired) electrons. The number of aromatic nitrogens is 1. The van der Waals surface area contributed by atoms with Crippen LogP contribution in [0.1, 0.15) is 49.0 Å². The van der Waals surface area contributed by atoms with Crippen LogP contribution in [-0.4, -0.2) is 22.6 Å². The maximum Gasteiger partial charge on any atom is 0.357 e. The van der Waals surface area contributed by atoms with Crippen molar-refractivity contribution >= 4 is 12.0 Å². The number of carboxylic acid groups (broad SMARTS) is 1. The van der Waals surface area contributed by atoms with E-state index in [1.165, 1.54) is 32.1 Å². The zero-order chi connectivity index (χ0) is 12.1. The summed E-state index contributed by atoms with van der Waals surface area (Å²) in [5, 5.41) is 11.7. The quantitative estimate of drug-likeness (QED) is 0.824. The fourth-order valence-corrected chi connectivity index (χ4v) is 2.31. The molecule has 1 aromatic rings. The van der Waals surface area contributed by atoms with Crippen LogP contribution in [0.25, 0.3) is 0 Å². The van der Waals surface area contributed by atoms with Crippen molar-refractivity contribution < 1.29 is 14.3 Å². The van der Waals surface area contributed by atoms with E-state index in [0.29, 0.717) is 6.01 Å². The lowest BCUT2D eigenvalue weighted by molar-refractivity contribution is 0.0690. The molecule has 5 nitrogen and oxygen atoms in total. The van der Waals surface area contributed by atoms with Crippen LogP contribution in [0, 0.1) is 5.92 Å². The summed E-state index contributed by atoms with van der Waals surface area (Å²) in [6, 6.07) is 0.304. The van der Waals surface area contributed by atoms with E-state index in [9.17, 15) is 4.79 Å². The van der Waals surface area contributed by atoms with E-state index < -0.39 is 5.97 Å². The van der Waals surface area contributed by atoms with Gasteiger partial charge < -0.3 is 14.8 Å². The largest absolute Gasteiger partial charge is 0.476 e. The van der Waals surface area contributed by atoms with E-state index in [4.69, 9.17) is 9.52 Å². The van der Waals surface area contributed by atoms with Gasteiger partial charge in [-0.25, -0.2) is 4.79 Å². The Balaban J connectivity index is 1.71. The van der Waals surface area contributed by atoms with Gasteiger partial charge in [-0.15, -0.1) is 0 Å². The first-order valence-electron chi connectivity index (χ1n) is 6.18. The number of anilines is 1. The molecule has 0 aliphatic heterocycles. The van der Waals surface area contributed by atoms with Gasteiger partial charge in [0.1, 0.15) is 6.26 Å². The Morgan fingerprint density at radius 3 is 2.88 bits per heavy atom. The third-order valence-corrected chi connectivity index (χ3v) is 3.28. The average Bonchev–Trinajstić information content (AvgIpc) is 2.79. The Kier molecular flexibility index (Phi) is 4.01. The average molecular weight is 238 g/mol. The number of nitrogens with zero attached hydrogens (tertiary/aromatic N) is 1. The van der Waals surface area contributed by atoms with Crippen molar-refractivity contribution in [2.75, 3.05) is 11.9 Å². The van der Waals surface area contributed by atoms with Crippen LogP contribution < -0.4 is 5.32 Å². The van der Waals surface area contributed by atoms with Crippen molar-refractivity contribution in [2.45, 2.75) is 38.5 Å². The van der Waals surface area contributed by atoms with Crippen LogP contribution in [0.5, 0.6) is 0 Å². The highest BCUT2D eigenvalue weighted by atomic mass is 16.4. The molecule has 1 saturated carbocycles. The first-order valence-corrected chi connectivity index (χ1v) is 6.18. The first kappa shape index (κ1) is 12.0. The second-order valence-corrected chi connectivity index (χ2v) is 4.56. The van der Waals surface area contributed by atoms with E-state index in [-0.39, 0.29) is 5.69 Å². The van der Waals surface area contributed by atoms with Crippen LogP contribution in [0.3, 0.4) is 0 Å². The molecule has 0 unspecified atom stereocenters. The van der Waals surface area contributed by atoms with Crippen molar-refractivity contribution in [3.8, 4) is 0 Å². The summed E-state index contributed by atoms with van der Waals surface area (Å²) in [7, 11) is 0. The Morgan fingerprint density at radius 2 is 2.24 bits per heavy atom. The molecule has 1 aliphatic rings. The van der Waals surface area contributed by atoms with E-state index in [0.717, 1.165) is 25.1 Å². The molecule has 1 heterocycles. The highest BCUT2D eigenvalue weighted by Gasteiger charge is 2.14. The maximum atomic E-state index is 10.6. The summed E-state index contributed by atoms with van der Waals surface area (Å²) in [4.78, 5) is 14.4. The van der Waals surface area contributed by atoms with Gasteiger partial charge in [0.2, 0.25) is 0 Å². The van der Waals surface area contributed by atoms with Crippen molar-refractivity contribution in [3.63, 3.8) is 0 Å². The van der Waals surface area contributed by atoms with Gasteiger partial charge in [0, 0.05) is 6.54 Å². The van der Waals surface area contributed by atoms with Gasteiger partial charge in [-0.2, -0.15) is 4.98 Å². The second kappa shape index (κ2) is 5.70. The molecule has 0 aromatic carbocycles. The Bertz CT molecular complexity index is 370. The molecule has 0 spiro atoms. The van der Waals surface area contributed by atoms with E-state index >= 15 is 0 Å². The molecule has 0 amide bonds. The van der Waals surface area contributed by atoms with Gasteiger partial charge in [-0.1, -0.05) is 32.1 Å². The van der Waals surface area contributed by atoms with Crippen molar-refractivity contribution in [1.29, 1.82) is 0 Å². The topological polar surface area (TPSA) is 75.4 Å². The van der Waals surface area contributed by atoms with Gasteiger partial charge in [-0.05, 0) is 12.3 Å². The maximum absolute atomic E-state index is 10.6. The predicted molar refractivity (Wildman–Crippen MR) is 63.1 cm³/mol. The third-order valence-electron chi connectivity index (χ3n) is 3.28. The third kappa shape index (κ3) is 3.47. The van der Waals surface area contributed by atoms with Gasteiger partial charge in [0.05, 0.1) is 0 Å². The highest BCUT2D eigenvalue weighted by Crippen LogP contribution is 2.26. The van der Waals surface area contributed by atoms with Crippen LogP contribution in [0.4, 0.5) is 6.01 Å².